The van der Waals surface area contributed by atoms with Gasteiger partial charge in [-0.25, -0.2) is 8.42 Å². The average Bonchev–Trinajstić information content (AvgIpc) is 3.14. The van der Waals surface area contributed by atoms with Crippen molar-refractivity contribution in [3.8, 4) is 17.7 Å². The van der Waals surface area contributed by atoms with Crippen LogP contribution in [0.25, 0.3) is 11.7 Å². The maximum Gasteiger partial charge on any atom is 0.269 e. The zero-order chi connectivity index (χ0) is 24.5. The van der Waals surface area contributed by atoms with Crippen molar-refractivity contribution >= 4 is 27.5 Å². The molecule has 4 rings (SSSR count). The number of hydrogen-bond donors (Lipinski definition) is 1. The van der Waals surface area contributed by atoms with E-state index in [9.17, 15) is 23.3 Å². The predicted octanol–water partition coefficient (Wildman–Crippen LogP) is 2.31. The lowest BCUT2D eigenvalue weighted by Crippen LogP contribution is -2.36. The highest BCUT2D eigenvalue weighted by atomic mass is 32.2. The van der Waals surface area contributed by atoms with Crippen LogP contribution >= 0.6 is 0 Å². The predicted molar refractivity (Wildman–Crippen MR) is 126 cm³/mol. The number of nitrogens with one attached hydrogen (secondary N) is 1. The van der Waals surface area contributed by atoms with Gasteiger partial charge in [-0.3, -0.25) is 14.0 Å². The number of benzene rings is 1. The number of carbonyl (C=O) groups is 1. The number of amides is 1. The third-order valence-corrected chi connectivity index (χ3v) is 7.48. The van der Waals surface area contributed by atoms with Gasteiger partial charge < -0.3 is 10.1 Å². The Morgan fingerprint density at radius 2 is 2.06 bits per heavy atom. The monoisotopic (exact) mass is 478 g/mol. The number of carbonyl (C=O) groups excluding carboxylic acids is 1. The summed E-state index contributed by atoms with van der Waals surface area (Å²) in [5.74, 6) is -0.527. The molecule has 1 saturated heterocycles. The molecule has 1 N–H and O–H groups in total. The Balaban J connectivity index is 1.78. The van der Waals surface area contributed by atoms with Crippen molar-refractivity contribution in [2.45, 2.75) is 26.3 Å². The first-order valence-electron chi connectivity index (χ1n) is 10.6. The minimum atomic E-state index is -3.21. The van der Waals surface area contributed by atoms with Gasteiger partial charge in [0.15, 0.2) is 9.84 Å². The molecule has 1 amide bonds. The molecule has 9 nitrogen and oxygen atoms in total. The lowest BCUT2D eigenvalue weighted by molar-refractivity contribution is -0.117. The van der Waals surface area contributed by atoms with E-state index in [2.05, 4.69) is 10.3 Å². The van der Waals surface area contributed by atoms with Gasteiger partial charge in [-0.15, -0.1) is 0 Å². The molecule has 3 heterocycles. The number of pyridine rings is 1. The number of fused-ring (bicyclic) bond motifs is 1. The first-order valence-corrected chi connectivity index (χ1v) is 12.4. The second-order valence-electron chi connectivity index (χ2n) is 8.11. The fraction of sp³-hybridized carbons (Fsp3) is 0.250. The fourth-order valence-corrected chi connectivity index (χ4v) is 5.36. The van der Waals surface area contributed by atoms with E-state index in [0.29, 0.717) is 11.4 Å². The molecular formula is C24H22N4O5S. The second-order valence-corrected chi connectivity index (χ2v) is 10.3. The summed E-state index contributed by atoms with van der Waals surface area (Å²) in [5.41, 5.74) is 1.23. The molecule has 1 aliphatic rings. The van der Waals surface area contributed by atoms with Gasteiger partial charge in [-0.1, -0.05) is 18.2 Å². The molecule has 0 saturated carbocycles. The molecule has 1 aliphatic heterocycles. The molecule has 3 aromatic rings. The summed E-state index contributed by atoms with van der Waals surface area (Å²) in [6, 6.07) is 11.7. The van der Waals surface area contributed by atoms with Gasteiger partial charge in [0.05, 0.1) is 11.5 Å². The molecule has 1 aromatic carbocycles. The Morgan fingerprint density at radius 3 is 2.76 bits per heavy atom. The van der Waals surface area contributed by atoms with Gasteiger partial charge in [-0.2, -0.15) is 10.2 Å². The van der Waals surface area contributed by atoms with Crippen molar-refractivity contribution < 1.29 is 17.9 Å². The van der Waals surface area contributed by atoms with Crippen molar-refractivity contribution in [2.75, 3.05) is 11.5 Å². The molecule has 1 atom stereocenters. The highest BCUT2D eigenvalue weighted by Gasteiger charge is 2.30. The number of aromatic nitrogens is 2. The smallest absolute Gasteiger partial charge is 0.269 e. The SMILES string of the molecule is Cc1cccc(Oc2nc3ccccn3c(=O)c2C=C(C#N)C(=O)NC2CCS(=O)(=O)C2)c1C. The Morgan fingerprint density at radius 1 is 1.26 bits per heavy atom. The van der Waals surface area contributed by atoms with E-state index in [0.717, 1.165) is 17.2 Å². The number of nitrogens with zero attached hydrogens (tertiary/aromatic N) is 3. The zero-order valence-corrected chi connectivity index (χ0v) is 19.4. The van der Waals surface area contributed by atoms with Crippen molar-refractivity contribution in [3.63, 3.8) is 0 Å². The van der Waals surface area contributed by atoms with Gasteiger partial charge in [-0.05, 0) is 55.7 Å². The van der Waals surface area contributed by atoms with E-state index < -0.39 is 27.3 Å². The van der Waals surface area contributed by atoms with Crippen molar-refractivity contribution in [3.05, 3.63) is 75.2 Å². The molecule has 34 heavy (non-hydrogen) atoms. The maximum atomic E-state index is 13.3. The number of hydrogen-bond acceptors (Lipinski definition) is 7. The van der Waals surface area contributed by atoms with Crippen LogP contribution in [0.3, 0.4) is 0 Å². The van der Waals surface area contributed by atoms with Crippen LogP contribution in [-0.2, 0) is 14.6 Å². The molecule has 174 valence electrons. The zero-order valence-electron chi connectivity index (χ0n) is 18.6. The minimum Gasteiger partial charge on any atom is -0.438 e. The molecule has 0 bridgehead atoms. The fourth-order valence-electron chi connectivity index (χ4n) is 3.69. The lowest BCUT2D eigenvalue weighted by Gasteiger charge is -2.13. The summed E-state index contributed by atoms with van der Waals surface area (Å²) in [6.45, 7) is 3.80. The highest BCUT2D eigenvalue weighted by Crippen LogP contribution is 2.28. The van der Waals surface area contributed by atoms with Crippen LogP contribution in [-0.4, -0.2) is 41.3 Å². The molecule has 1 unspecified atom stereocenters. The summed E-state index contributed by atoms with van der Waals surface area (Å²) in [7, 11) is -3.21. The van der Waals surface area contributed by atoms with Gasteiger partial charge in [0.2, 0.25) is 5.88 Å². The summed E-state index contributed by atoms with van der Waals surface area (Å²) in [4.78, 5) is 30.4. The van der Waals surface area contributed by atoms with Crippen molar-refractivity contribution in [1.29, 1.82) is 5.26 Å². The van der Waals surface area contributed by atoms with E-state index >= 15 is 0 Å². The normalized spacial score (nSPS) is 17.3. The standard InChI is InChI=1S/C24H22N4O5S/c1-15-6-5-7-20(16(15)2)33-23-19(24(30)28-10-4-3-8-21(28)27-23)12-17(13-25)22(29)26-18-9-11-34(31,32)14-18/h3-8,10,12,18H,9,11,14H2,1-2H3,(H,26,29). The van der Waals surface area contributed by atoms with Crippen molar-refractivity contribution in [1.82, 2.24) is 14.7 Å². The summed E-state index contributed by atoms with van der Waals surface area (Å²) < 4.78 is 30.7. The van der Waals surface area contributed by atoms with E-state index in [4.69, 9.17) is 4.74 Å². The Hall–Kier alpha value is -3.97. The van der Waals surface area contributed by atoms with Gasteiger partial charge in [0.1, 0.15) is 28.6 Å². The maximum absolute atomic E-state index is 13.3. The van der Waals surface area contributed by atoms with Crippen LogP contribution in [0.15, 0.2) is 53.0 Å². The summed E-state index contributed by atoms with van der Waals surface area (Å²) in [5, 5.41) is 12.2. The van der Waals surface area contributed by atoms with Gasteiger partial charge in [0.25, 0.3) is 11.5 Å². The van der Waals surface area contributed by atoms with E-state index in [1.807, 2.05) is 26.0 Å². The highest BCUT2D eigenvalue weighted by molar-refractivity contribution is 7.91. The van der Waals surface area contributed by atoms with Crippen LogP contribution in [0.4, 0.5) is 0 Å². The number of rotatable bonds is 5. The number of nitriles is 1. The molecule has 0 radical (unpaired) electrons. The average molecular weight is 479 g/mol. The lowest BCUT2D eigenvalue weighted by atomic mass is 10.1. The van der Waals surface area contributed by atoms with Crippen LogP contribution in [0.2, 0.25) is 0 Å². The van der Waals surface area contributed by atoms with Crippen molar-refractivity contribution in [2.24, 2.45) is 0 Å². The van der Waals surface area contributed by atoms with E-state index in [-0.39, 0.29) is 34.9 Å². The number of ether oxygens (including phenoxy) is 1. The van der Waals surface area contributed by atoms with E-state index in [1.165, 1.54) is 10.6 Å². The minimum absolute atomic E-state index is 0.0205. The molecule has 1 fully saturated rings. The first kappa shape index (κ1) is 23.2. The summed E-state index contributed by atoms with van der Waals surface area (Å²) >= 11 is 0. The van der Waals surface area contributed by atoms with Gasteiger partial charge >= 0.3 is 0 Å². The number of aryl methyl sites for hydroxylation is 1. The molecule has 0 aliphatic carbocycles. The largest absolute Gasteiger partial charge is 0.438 e. The van der Waals surface area contributed by atoms with Crippen LogP contribution in [0.5, 0.6) is 11.6 Å². The molecular weight excluding hydrogens is 456 g/mol. The Labute approximate surface area is 196 Å². The Bertz CT molecular complexity index is 1530. The third-order valence-electron chi connectivity index (χ3n) is 5.72. The van der Waals surface area contributed by atoms with E-state index in [1.54, 1.807) is 30.3 Å². The van der Waals surface area contributed by atoms with Crippen LogP contribution < -0.4 is 15.6 Å². The van der Waals surface area contributed by atoms with Crippen LogP contribution in [0, 0.1) is 25.2 Å². The molecule has 0 spiro atoms. The molecule has 10 heteroatoms. The van der Waals surface area contributed by atoms with Gasteiger partial charge in [0, 0.05) is 12.2 Å². The first-order chi connectivity index (χ1) is 16.2. The van der Waals surface area contributed by atoms with Crippen LogP contribution in [0.1, 0.15) is 23.1 Å². The second kappa shape index (κ2) is 9.11. The summed E-state index contributed by atoms with van der Waals surface area (Å²) in [6.07, 6.45) is 2.93. The quantitative estimate of drug-likeness (QED) is 0.440. The third kappa shape index (κ3) is 4.70. The Kier molecular flexibility index (Phi) is 6.22. The molecule has 2 aromatic heterocycles. The number of sulfone groups is 1. The topological polar surface area (TPSA) is 131 Å².